The van der Waals surface area contributed by atoms with Crippen LogP contribution in [-0.2, 0) is 22.6 Å². The number of hydrogen-bond donors (Lipinski definition) is 1. The van der Waals surface area contributed by atoms with Crippen LogP contribution in [0, 0.1) is 11.7 Å². The molecule has 0 aliphatic carbocycles. The molecule has 1 aliphatic rings. The van der Waals surface area contributed by atoms with E-state index in [0.717, 1.165) is 0 Å². The zero-order valence-electron chi connectivity index (χ0n) is 14.2. The number of piperidine rings is 1. The van der Waals surface area contributed by atoms with Crippen molar-refractivity contribution in [2.24, 2.45) is 5.92 Å². The Balaban J connectivity index is 1.48. The van der Waals surface area contributed by atoms with Crippen molar-refractivity contribution in [3.63, 3.8) is 0 Å². The van der Waals surface area contributed by atoms with Crippen molar-refractivity contribution in [2.75, 3.05) is 13.1 Å². The van der Waals surface area contributed by atoms with Gasteiger partial charge in [-0.15, -0.1) is 0 Å². The molecule has 0 unspecified atom stereocenters. The minimum atomic E-state index is -0.474. The maximum atomic E-state index is 13.8. The van der Waals surface area contributed by atoms with Gasteiger partial charge in [0.05, 0.1) is 19.2 Å². The molecule has 1 aliphatic heterocycles. The fourth-order valence-electron chi connectivity index (χ4n) is 3.09. The number of amides is 2. The monoisotopic (exact) mass is 378 g/mol. The van der Waals surface area contributed by atoms with Crippen LogP contribution in [0.25, 0.3) is 0 Å². The van der Waals surface area contributed by atoms with Crippen molar-refractivity contribution in [1.29, 1.82) is 0 Å². The number of carbonyl (C=O) groups is 2. The van der Waals surface area contributed by atoms with E-state index in [2.05, 4.69) is 5.32 Å². The molecule has 138 valence electrons. The van der Waals surface area contributed by atoms with Crippen LogP contribution < -0.4 is 5.32 Å². The second-order valence-electron chi connectivity index (χ2n) is 6.33. The highest BCUT2D eigenvalue weighted by molar-refractivity contribution is 6.31. The van der Waals surface area contributed by atoms with E-state index >= 15 is 0 Å². The van der Waals surface area contributed by atoms with Crippen LogP contribution in [-0.4, -0.2) is 29.8 Å². The highest BCUT2D eigenvalue weighted by atomic mass is 35.5. The first-order valence-corrected chi connectivity index (χ1v) is 8.93. The number of hydrogen-bond acceptors (Lipinski definition) is 3. The van der Waals surface area contributed by atoms with Crippen LogP contribution in [0.3, 0.4) is 0 Å². The van der Waals surface area contributed by atoms with Gasteiger partial charge in [0.1, 0.15) is 11.6 Å². The molecular formula is C19H20ClFN2O3. The molecule has 26 heavy (non-hydrogen) atoms. The second-order valence-corrected chi connectivity index (χ2v) is 6.74. The Labute approximate surface area is 156 Å². The molecule has 1 fully saturated rings. The Morgan fingerprint density at radius 1 is 1.23 bits per heavy atom. The zero-order chi connectivity index (χ0) is 18.5. The maximum Gasteiger partial charge on any atom is 0.227 e. The Kier molecular flexibility index (Phi) is 5.93. The number of benzene rings is 1. The smallest absolute Gasteiger partial charge is 0.227 e. The van der Waals surface area contributed by atoms with E-state index in [1.807, 2.05) is 0 Å². The summed E-state index contributed by atoms with van der Waals surface area (Å²) in [7, 11) is 0. The van der Waals surface area contributed by atoms with Gasteiger partial charge in [-0.3, -0.25) is 9.59 Å². The molecule has 5 nitrogen and oxygen atoms in total. The van der Waals surface area contributed by atoms with Crippen molar-refractivity contribution in [3.8, 4) is 0 Å². The lowest BCUT2D eigenvalue weighted by atomic mass is 9.95. The van der Waals surface area contributed by atoms with E-state index < -0.39 is 5.82 Å². The predicted octanol–water partition coefficient (Wildman–Crippen LogP) is 3.17. The predicted molar refractivity (Wildman–Crippen MR) is 95.0 cm³/mol. The van der Waals surface area contributed by atoms with Crippen LogP contribution in [0.15, 0.2) is 41.0 Å². The molecule has 1 aromatic heterocycles. The molecule has 0 saturated carbocycles. The molecule has 1 aromatic carbocycles. The summed E-state index contributed by atoms with van der Waals surface area (Å²) in [6.07, 6.45) is 2.66. The second kappa shape index (κ2) is 8.36. The van der Waals surface area contributed by atoms with E-state index in [-0.39, 0.29) is 34.7 Å². The number of rotatable bonds is 5. The fourth-order valence-corrected chi connectivity index (χ4v) is 3.32. The lowest BCUT2D eigenvalue weighted by molar-refractivity contribution is -0.135. The van der Waals surface area contributed by atoms with Crippen LogP contribution in [0.1, 0.15) is 24.2 Å². The largest absolute Gasteiger partial charge is 0.467 e. The minimum Gasteiger partial charge on any atom is -0.467 e. The summed E-state index contributed by atoms with van der Waals surface area (Å²) >= 11 is 5.98. The third kappa shape index (κ3) is 4.43. The lowest BCUT2D eigenvalue weighted by Gasteiger charge is -2.31. The molecule has 3 rings (SSSR count). The van der Waals surface area contributed by atoms with Crippen molar-refractivity contribution >= 4 is 23.4 Å². The molecular weight excluding hydrogens is 359 g/mol. The van der Waals surface area contributed by atoms with E-state index in [0.29, 0.717) is 38.2 Å². The van der Waals surface area contributed by atoms with Crippen molar-refractivity contribution in [3.05, 3.63) is 58.8 Å². The van der Waals surface area contributed by atoms with Gasteiger partial charge in [0, 0.05) is 29.6 Å². The number of carbonyl (C=O) groups excluding carboxylic acids is 2. The van der Waals surface area contributed by atoms with Gasteiger partial charge in [0.2, 0.25) is 11.8 Å². The molecule has 2 heterocycles. The van der Waals surface area contributed by atoms with Crippen LogP contribution in [0.4, 0.5) is 4.39 Å². The normalized spacial score (nSPS) is 15.1. The van der Waals surface area contributed by atoms with Gasteiger partial charge in [-0.2, -0.15) is 0 Å². The van der Waals surface area contributed by atoms with Crippen molar-refractivity contribution in [1.82, 2.24) is 10.2 Å². The van der Waals surface area contributed by atoms with E-state index in [1.54, 1.807) is 29.4 Å². The molecule has 2 aromatic rings. The summed E-state index contributed by atoms with van der Waals surface area (Å²) in [5.74, 6) is -0.117. The molecule has 0 bridgehead atoms. The van der Waals surface area contributed by atoms with Gasteiger partial charge in [-0.05, 0) is 37.1 Å². The molecule has 0 radical (unpaired) electrons. The first-order chi connectivity index (χ1) is 12.5. The summed E-state index contributed by atoms with van der Waals surface area (Å²) in [4.78, 5) is 26.3. The third-order valence-electron chi connectivity index (χ3n) is 4.63. The van der Waals surface area contributed by atoms with Crippen LogP contribution in [0.5, 0.6) is 0 Å². The van der Waals surface area contributed by atoms with Gasteiger partial charge in [-0.1, -0.05) is 17.7 Å². The zero-order valence-corrected chi connectivity index (χ0v) is 15.0. The number of likely N-dealkylation sites (tertiary alicyclic amines) is 1. The summed E-state index contributed by atoms with van der Waals surface area (Å²) in [6, 6.07) is 7.95. The molecule has 2 amide bonds. The standard InChI is InChI=1S/C19H20ClFN2O3/c20-16-4-1-5-17(21)15(16)11-18(24)23-8-6-13(7-9-23)19(25)22-12-14-3-2-10-26-14/h1-5,10,13H,6-9,11-12H2,(H,22,25). The minimum absolute atomic E-state index is 0.0364. The Morgan fingerprint density at radius 3 is 2.65 bits per heavy atom. The Bertz CT molecular complexity index is 751. The van der Waals surface area contributed by atoms with E-state index in [4.69, 9.17) is 16.0 Å². The Hall–Kier alpha value is -2.34. The maximum absolute atomic E-state index is 13.8. The summed E-state index contributed by atoms with van der Waals surface area (Å²) in [5.41, 5.74) is 0.220. The molecule has 7 heteroatoms. The van der Waals surface area contributed by atoms with Gasteiger partial charge >= 0.3 is 0 Å². The average Bonchev–Trinajstić information content (AvgIpc) is 3.16. The Morgan fingerprint density at radius 2 is 2.00 bits per heavy atom. The summed E-state index contributed by atoms with van der Waals surface area (Å²) in [5, 5.41) is 3.11. The fraction of sp³-hybridized carbons (Fsp3) is 0.368. The van der Waals surface area contributed by atoms with E-state index in [1.165, 1.54) is 12.1 Å². The molecule has 1 saturated heterocycles. The van der Waals surface area contributed by atoms with E-state index in [9.17, 15) is 14.0 Å². The molecule has 1 N–H and O–H groups in total. The lowest BCUT2D eigenvalue weighted by Crippen LogP contribution is -2.43. The first-order valence-electron chi connectivity index (χ1n) is 8.55. The summed E-state index contributed by atoms with van der Waals surface area (Å²) < 4.78 is 19.0. The number of nitrogens with zero attached hydrogens (tertiary/aromatic N) is 1. The van der Waals surface area contributed by atoms with Crippen LogP contribution in [0.2, 0.25) is 5.02 Å². The SMILES string of the molecule is O=C(NCc1ccco1)C1CCN(C(=O)Cc2c(F)cccc2Cl)CC1. The average molecular weight is 379 g/mol. The van der Waals surface area contributed by atoms with Gasteiger partial charge in [0.25, 0.3) is 0 Å². The van der Waals surface area contributed by atoms with Gasteiger partial charge in [-0.25, -0.2) is 4.39 Å². The van der Waals surface area contributed by atoms with Crippen molar-refractivity contribution in [2.45, 2.75) is 25.8 Å². The van der Waals surface area contributed by atoms with Crippen LogP contribution >= 0.6 is 11.6 Å². The third-order valence-corrected chi connectivity index (χ3v) is 4.98. The number of halogens is 2. The number of furan rings is 1. The summed E-state index contributed by atoms with van der Waals surface area (Å²) in [6.45, 7) is 1.31. The quantitative estimate of drug-likeness (QED) is 0.869. The highest BCUT2D eigenvalue weighted by Gasteiger charge is 2.28. The topological polar surface area (TPSA) is 62.6 Å². The first kappa shape index (κ1) is 18.5. The number of nitrogens with one attached hydrogen (secondary N) is 1. The molecule has 0 atom stereocenters. The molecule has 0 spiro atoms. The highest BCUT2D eigenvalue weighted by Crippen LogP contribution is 2.22. The van der Waals surface area contributed by atoms with Gasteiger partial charge < -0.3 is 14.6 Å². The van der Waals surface area contributed by atoms with Crippen molar-refractivity contribution < 1.29 is 18.4 Å². The van der Waals surface area contributed by atoms with Gasteiger partial charge in [0.15, 0.2) is 0 Å².